The Morgan fingerprint density at radius 2 is 1.79 bits per heavy atom. The average molecular weight is 482 g/mol. The molecular weight excluding hydrogens is 456 g/mol. The third kappa shape index (κ3) is 7.30. The molecule has 0 saturated heterocycles. The SMILES string of the molecule is CC(F)(F)Sc1ccc(Nc2nc3ccc(Br)cc3[nH]2)cc1.CC1CCCCC1. The molecular formula is C22H26BrF2N3S. The van der Waals surface area contributed by atoms with Crippen molar-refractivity contribution in [3.8, 4) is 0 Å². The number of hydrogen-bond acceptors (Lipinski definition) is 3. The van der Waals surface area contributed by atoms with Crippen molar-refractivity contribution in [3.05, 3.63) is 46.9 Å². The molecule has 1 heterocycles. The number of rotatable bonds is 4. The first-order valence-corrected chi connectivity index (χ1v) is 11.5. The van der Waals surface area contributed by atoms with Crippen LogP contribution in [0.1, 0.15) is 46.0 Å². The van der Waals surface area contributed by atoms with Crippen LogP contribution in [-0.2, 0) is 0 Å². The number of aromatic nitrogens is 2. The molecule has 4 rings (SSSR count). The molecule has 0 spiro atoms. The van der Waals surface area contributed by atoms with Crippen LogP contribution in [0.3, 0.4) is 0 Å². The zero-order chi connectivity index (χ0) is 20.9. The number of nitrogens with one attached hydrogen (secondary N) is 2. The molecule has 1 aliphatic carbocycles. The van der Waals surface area contributed by atoms with Crippen molar-refractivity contribution in [2.45, 2.75) is 56.1 Å². The van der Waals surface area contributed by atoms with Gasteiger partial charge in [-0.3, -0.25) is 0 Å². The van der Waals surface area contributed by atoms with E-state index in [1.165, 1.54) is 32.1 Å². The molecule has 0 radical (unpaired) electrons. The third-order valence-corrected chi connectivity index (χ3v) is 6.11. The molecule has 7 heteroatoms. The average Bonchev–Trinajstić information content (AvgIpc) is 3.05. The third-order valence-electron chi connectivity index (χ3n) is 4.75. The maximum atomic E-state index is 12.9. The van der Waals surface area contributed by atoms with Gasteiger partial charge in [0.25, 0.3) is 5.25 Å². The van der Waals surface area contributed by atoms with E-state index in [-0.39, 0.29) is 0 Å². The number of hydrogen-bond donors (Lipinski definition) is 2. The fraction of sp³-hybridized carbons (Fsp3) is 0.409. The summed E-state index contributed by atoms with van der Waals surface area (Å²) < 4.78 is 26.8. The lowest BCUT2D eigenvalue weighted by atomic mass is 9.91. The second-order valence-electron chi connectivity index (χ2n) is 7.55. The highest BCUT2D eigenvalue weighted by Crippen LogP contribution is 2.35. The summed E-state index contributed by atoms with van der Waals surface area (Å²) >= 11 is 3.94. The largest absolute Gasteiger partial charge is 0.326 e. The minimum absolute atomic E-state index is 0.520. The fourth-order valence-corrected chi connectivity index (χ4v) is 4.34. The lowest BCUT2D eigenvalue weighted by molar-refractivity contribution is 0.129. The normalized spacial score (nSPS) is 15.1. The van der Waals surface area contributed by atoms with Crippen molar-refractivity contribution in [1.29, 1.82) is 0 Å². The zero-order valence-corrected chi connectivity index (χ0v) is 19.0. The van der Waals surface area contributed by atoms with Gasteiger partial charge in [-0.05, 0) is 48.4 Å². The molecule has 0 aliphatic heterocycles. The lowest BCUT2D eigenvalue weighted by Crippen LogP contribution is -2.01. The number of aromatic amines is 1. The van der Waals surface area contributed by atoms with Gasteiger partial charge >= 0.3 is 0 Å². The highest BCUT2D eigenvalue weighted by Gasteiger charge is 2.22. The number of imidazole rings is 1. The molecule has 1 aliphatic rings. The van der Waals surface area contributed by atoms with Crippen molar-refractivity contribution >= 4 is 50.4 Å². The first-order chi connectivity index (χ1) is 13.8. The van der Waals surface area contributed by atoms with E-state index in [0.717, 1.165) is 34.0 Å². The number of H-pyrrole nitrogens is 1. The van der Waals surface area contributed by atoms with Gasteiger partial charge in [0.15, 0.2) is 0 Å². The van der Waals surface area contributed by atoms with Crippen molar-refractivity contribution < 1.29 is 8.78 Å². The van der Waals surface area contributed by atoms with E-state index >= 15 is 0 Å². The Labute approximate surface area is 183 Å². The second kappa shape index (κ2) is 9.94. The first-order valence-electron chi connectivity index (χ1n) is 9.88. The quantitative estimate of drug-likeness (QED) is 0.367. The molecule has 3 aromatic rings. The molecule has 0 atom stereocenters. The number of fused-ring (bicyclic) bond motifs is 1. The summed E-state index contributed by atoms with van der Waals surface area (Å²) in [5.41, 5.74) is 2.54. The highest BCUT2D eigenvalue weighted by atomic mass is 79.9. The monoisotopic (exact) mass is 481 g/mol. The Hall–Kier alpha value is -1.60. The number of thioether (sulfide) groups is 1. The van der Waals surface area contributed by atoms with Crippen molar-refractivity contribution in [1.82, 2.24) is 9.97 Å². The van der Waals surface area contributed by atoms with Gasteiger partial charge in [0.05, 0.1) is 11.0 Å². The predicted octanol–water partition coefficient (Wildman–Crippen LogP) is 8.36. The van der Waals surface area contributed by atoms with Crippen LogP contribution in [0.4, 0.5) is 20.4 Å². The molecule has 1 aromatic heterocycles. The Morgan fingerprint density at radius 3 is 2.38 bits per heavy atom. The van der Waals surface area contributed by atoms with E-state index in [1.54, 1.807) is 24.3 Å². The molecule has 2 N–H and O–H groups in total. The maximum absolute atomic E-state index is 12.9. The first kappa shape index (κ1) is 22.1. The van der Waals surface area contributed by atoms with E-state index < -0.39 is 5.25 Å². The molecule has 1 saturated carbocycles. The number of alkyl halides is 2. The van der Waals surface area contributed by atoms with Gasteiger partial charge in [0.2, 0.25) is 5.95 Å². The van der Waals surface area contributed by atoms with Gasteiger partial charge in [0, 0.05) is 22.0 Å². The second-order valence-corrected chi connectivity index (χ2v) is 9.86. The number of anilines is 2. The van der Waals surface area contributed by atoms with Crippen LogP contribution in [0.5, 0.6) is 0 Å². The summed E-state index contributed by atoms with van der Waals surface area (Å²) in [6, 6.07) is 12.6. The molecule has 29 heavy (non-hydrogen) atoms. The summed E-state index contributed by atoms with van der Waals surface area (Å²) in [5, 5.41) is 0.347. The van der Waals surface area contributed by atoms with E-state index in [9.17, 15) is 8.78 Å². The molecule has 0 unspecified atom stereocenters. The number of halogens is 3. The maximum Gasteiger partial charge on any atom is 0.295 e. The predicted molar refractivity (Wildman–Crippen MR) is 122 cm³/mol. The Balaban J connectivity index is 0.000000290. The van der Waals surface area contributed by atoms with Gasteiger partial charge in [-0.1, -0.05) is 66.7 Å². The minimum Gasteiger partial charge on any atom is -0.326 e. The van der Waals surface area contributed by atoms with Gasteiger partial charge in [-0.15, -0.1) is 0 Å². The van der Waals surface area contributed by atoms with Crippen LogP contribution >= 0.6 is 27.7 Å². The summed E-state index contributed by atoms with van der Waals surface area (Å²) in [7, 11) is 0. The number of benzene rings is 2. The van der Waals surface area contributed by atoms with Crippen LogP contribution in [-0.4, -0.2) is 15.2 Å². The number of nitrogens with zero attached hydrogens (tertiary/aromatic N) is 1. The molecule has 156 valence electrons. The van der Waals surface area contributed by atoms with Gasteiger partial charge in [0.1, 0.15) is 0 Å². The van der Waals surface area contributed by atoms with Crippen molar-refractivity contribution in [2.24, 2.45) is 5.92 Å². The van der Waals surface area contributed by atoms with E-state index in [4.69, 9.17) is 0 Å². The van der Waals surface area contributed by atoms with E-state index in [2.05, 4.69) is 38.1 Å². The smallest absolute Gasteiger partial charge is 0.295 e. The van der Waals surface area contributed by atoms with Crippen LogP contribution in [0.15, 0.2) is 51.8 Å². The standard InChI is InChI=1S/C15H12BrF2N3S.C7H14/c1-15(17,18)22-11-5-3-10(4-6-11)19-14-20-12-7-2-9(16)8-13(12)21-14;1-7-5-3-2-4-6-7/h2-8H,1H3,(H2,19,20,21);7H,2-6H2,1H3. The Kier molecular flexibility index (Phi) is 7.57. The van der Waals surface area contributed by atoms with Gasteiger partial charge in [-0.25, -0.2) is 4.98 Å². The minimum atomic E-state index is -2.78. The Morgan fingerprint density at radius 1 is 1.10 bits per heavy atom. The van der Waals surface area contributed by atoms with Crippen LogP contribution < -0.4 is 5.32 Å². The molecule has 0 bridgehead atoms. The van der Waals surface area contributed by atoms with Gasteiger partial charge in [-0.2, -0.15) is 8.78 Å². The summed E-state index contributed by atoms with van der Waals surface area (Å²) in [4.78, 5) is 8.10. The van der Waals surface area contributed by atoms with Crippen LogP contribution in [0.2, 0.25) is 0 Å². The van der Waals surface area contributed by atoms with Gasteiger partial charge < -0.3 is 10.3 Å². The summed E-state index contributed by atoms with van der Waals surface area (Å²) in [5.74, 6) is 1.64. The van der Waals surface area contributed by atoms with Crippen LogP contribution in [0, 0.1) is 5.92 Å². The Bertz CT molecular complexity index is 916. The molecule has 3 nitrogen and oxygen atoms in total. The molecule has 1 fully saturated rings. The highest BCUT2D eigenvalue weighted by molar-refractivity contribution is 9.10. The summed E-state index contributed by atoms with van der Waals surface area (Å²) in [6.45, 7) is 3.25. The van der Waals surface area contributed by atoms with E-state index in [0.29, 0.717) is 22.6 Å². The van der Waals surface area contributed by atoms with Crippen molar-refractivity contribution in [2.75, 3.05) is 5.32 Å². The fourth-order valence-electron chi connectivity index (χ4n) is 3.30. The van der Waals surface area contributed by atoms with E-state index in [1.807, 2.05) is 18.2 Å². The topological polar surface area (TPSA) is 40.7 Å². The molecule has 2 aromatic carbocycles. The summed E-state index contributed by atoms with van der Waals surface area (Å²) in [6.07, 6.45) is 7.44. The molecule has 0 amide bonds. The van der Waals surface area contributed by atoms with Crippen molar-refractivity contribution in [3.63, 3.8) is 0 Å². The van der Waals surface area contributed by atoms with Crippen LogP contribution in [0.25, 0.3) is 11.0 Å². The zero-order valence-electron chi connectivity index (χ0n) is 16.6. The lowest BCUT2D eigenvalue weighted by Gasteiger charge is -2.15.